The molecule has 0 spiro atoms. The molecule has 0 aromatic carbocycles. The molecular formula is C19H26N4O3. The molecule has 2 aliphatic heterocycles. The number of carbonyl (C=O) groups is 2. The van der Waals surface area contributed by atoms with Gasteiger partial charge in [0.05, 0.1) is 17.9 Å². The third-order valence-electron chi connectivity index (χ3n) is 6.20. The number of amides is 2. The first-order valence-electron chi connectivity index (χ1n) is 9.74. The lowest BCUT2D eigenvalue weighted by Gasteiger charge is -2.33. The van der Waals surface area contributed by atoms with E-state index in [2.05, 4.69) is 9.97 Å². The van der Waals surface area contributed by atoms with Gasteiger partial charge in [-0.3, -0.25) is 14.4 Å². The smallest absolute Gasteiger partial charge is 0.250 e. The SMILES string of the molecule is O=C(C1CC(=O)N(C2CCCC2)C1)N1CCC(c2cc(=O)[nH]cn2)CC1. The van der Waals surface area contributed by atoms with E-state index < -0.39 is 0 Å². The highest BCUT2D eigenvalue weighted by Crippen LogP contribution is 2.32. The fourth-order valence-electron chi connectivity index (χ4n) is 4.73. The molecule has 1 N–H and O–H groups in total. The van der Waals surface area contributed by atoms with Gasteiger partial charge in [0, 0.05) is 44.1 Å². The Morgan fingerprint density at radius 3 is 2.54 bits per heavy atom. The van der Waals surface area contributed by atoms with E-state index in [1.807, 2.05) is 9.80 Å². The van der Waals surface area contributed by atoms with E-state index in [-0.39, 0.29) is 29.2 Å². The van der Waals surface area contributed by atoms with Crippen LogP contribution in [0, 0.1) is 5.92 Å². The number of carbonyl (C=O) groups excluding carboxylic acids is 2. The quantitative estimate of drug-likeness (QED) is 0.881. The average molecular weight is 358 g/mol. The molecule has 0 bridgehead atoms. The lowest BCUT2D eigenvalue weighted by Crippen LogP contribution is -2.42. The van der Waals surface area contributed by atoms with Crippen LogP contribution in [0.15, 0.2) is 17.2 Å². The summed E-state index contributed by atoms with van der Waals surface area (Å²) < 4.78 is 0. The van der Waals surface area contributed by atoms with Crippen molar-refractivity contribution in [3.8, 4) is 0 Å². The zero-order valence-electron chi connectivity index (χ0n) is 15.0. The summed E-state index contributed by atoms with van der Waals surface area (Å²) in [5, 5.41) is 0. The average Bonchev–Trinajstić information content (AvgIpc) is 3.31. The minimum Gasteiger partial charge on any atom is -0.342 e. The summed E-state index contributed by atoms with van der Waals surface area (Å²) in [6, 6.07) is 1.91. The third-order valence-corrected chi connectivity index (χ3v) is 6.20. The summed E-state index contributed by atoms with van der Waals surface area (Å²) in [5.74, 6) is 0.313. The van der Waals surface area contributed by atoms with Gasteiger partial charge in [0.1, 0.15) is 0 Å². The van der Waals surface area contributed by atoms with Crippen molar-refractivity contribution in [1.82, 2.24) is 19.8 Å². The Morgan fingerprint density at radius 1 is 1.12 bits per heavy atom. The highest BCUT2D eigenvalue weighted by Gasteiger charge is 2.40. The van der Waals surface area contributed by atoms with Crippen LogP contribution in [0.4, 0.5) is 0 Å². The normalized spacial score (nSPS) is 25.2. The van der Waals surface area contributed by atoms with Crippen LogP contribution < -0.4 is 5.56 Å². The molecule has 1 aliphatic carbocycles. The summed E-state index contributed by atoms with van der Waals surface area (Å²) in [4.78, 5) is 47.3. The molecule has 2 saturated heterocycles. The first-order chi connectivity index (χ1) is 12.6. The molecule has 3 fully saturated rings. The van der Waals surface area contributed by atoms with Gasteiger partial charge < -0.3 is 14.8 Å². The van der Waals surface area contributed by atoms with Crippen LogP contribution in [0.3, 0.4) is 0 Å². The van der Waals surface area contributed by atoms with Gasteiger partial charge in [0.15, 0.2) is 0 Å². The van der Waals surface area contributed by atoms with E-state index in [0.717, 1.165) is 31.4 Å². The van der Waals surface area contributed by atoms with E-state index >= 15 is 0 Å². The van der Waals surface area contributed by atoms with Crippen molar-refractivity contribution in [2.75, 3.05) is 19.6 Å². The Hall–Kier alpha value is -2.18. The molecule has 1 unspecified atom stereocenters. The second-order valence-corrected chi connectivity index (χ2v) is 7.82. The van der Waals surface area contributed by atoms with Crippen LogP contribution in [0.1, 0.15) is 56.6 Å². The van der Waals surface area contributed by atoms with Crippen LogP contribution in [0.5, 0.6) is 0 Å². The monoisotopic (exact) mass is 358 g/mol. The number of H-pyrrole nitrogens is 1. The molecule has 26 heavy (non-hydrogen) atoms. The molecule has 3 heterocycles. The minimum absolute atomic E-state index is 0.121. The summed E-state index contributed by atoms with van der Waals surface area (Å²) in [6.45, 7) is 1.94. The van der Waals surface area contributed by atoms with Gasteiger partial charge in [0.25, 0.3) is 5.56 Å². The summed E-state index contributed by atoms with van der Waals surface area (Å²) >= 11 is 0. The number of likely N-dealkylation sites (tertiary alicyclic amines) is 2. The number of rotatable bonds is 3. The number of aromatic amines is 1. The molecule has 1 aromatic heterocycles. The van der Waals surface area contributed by atoms with Gasteiger partial charge >= 0.3 is 0 Å². The minimum atomic E-state index is -0.183. The maximum Gasteiger partial charge on any atom is 0.250 e. The Kier molecular flexibility index (Phi) is 4.78. The predicted molar refractivity (Wildman–Crippen MR) is 95.5 cm³/mol. The summed E-state index contributed by atoms with van der Waals surface area (Å²) in [5.41, 5.74) is 0.675. The number of hydrogen-bond acceptors (Lipinski definition) is 4. The lowest BCUT2D eigenvalue weighted by atomic mass is 9.92. The molecule has 1 aromatic rings. The largest absolute Gasteiger partial charge is 0.342 e. The molecule has 140 valence electrons. The fourth-order valence-corrected chi connectivity index (χ4v) is 4.73. The molecule has 3 aliphatic rings. The molecule has 4 rings (SSSR count). The van der Waals surface area contributed by atoms with E-state index in [1.165, 1.54) is 19.2 Å². The van der Waals surface area contributed by atoms with Gasteiger partial charge in [-0.05, 0) is 25.7 Å². The van der Waals surface area contributed by atoms with Gasteiger partial charge in [0.2, 0.25) is 11.8 Å². The Bertz CT molecular complexity index is 732. The van der Waals surface area contributed by atoms with Gasteiger partial charge in [-0.2, -0.15) is 0 Å². The predicted octanol–water partition coefficient (Wildman–Crippen LogP) is 1.27. The van der Waals surface area contributed by atoms with Crippen LogP contribution in [-0.4, -0.2) is 57.3 Å². The summed E-state index contributed by atoms with van der Waals surface area (Å²) in [7, 11) is 0. The van der Waals surface area contributed by atoms with Crippen molar-refractivity contribution in [3.63, 3.8) is 0 Å². The van der Waals surface area contributed by atoms with E-state index in [1.54, 1.807) is 6.07 Å². The summed E-state index contributed by atoms with van der Waals surface area (Å²) in [6.07, 6.45) is 7.99. The highest BCUT2D eigenvalue weighted by atomic mass is 16.2. The van der Waals surface area contributed by atoms with Crippen LogP contribution in [0.2, 0.25) is 0 Å². The highest BCUT2D eigenvalue weighted by molar-refractivity contribution is 5.89. The zero-order chi connectivity index (χ0) is 18.1. The Labute approximate surface area is 152 Å². The number of hydrogen-bond donors (Lipinski definition) is 1. The first kappa shape index (κ1) is 17.2. The second kappa shape index (κ2) is 7.21. The standard InChI is InChI=1S/C19H26N4O3/c24-17-10-16(20-12-21-17)13-5-7-22(8-6-13)19(26)14-9-18(25)23(11-14)15-3-1-2-4-15/h10,12-15H,1-9,11H2,(H,20,21,24). The fraction of sp³-hybridized carbons (Fsp3) is 0.684. The molecule has 7 heteroatoms. The van der Waals surface area contributed by atoms with Crippen molar-refractivity contribution in [2.24, 2.45) is 5.92 Å². The van der Waals surface area contributed by atoms with Crippen LogP contribution in [-0.2, 0) is 9.59 Å². The van der Waals surface area contributed by atoms with Crippen molar-refractivity contribution in [2.45, 2.75) is 56.9 Å². The van der Waals surface area contributed by atoms with E-state index in [9.17, 15) is 14.4 Å². The molecule has 7 nitrogen and oxygen atoms in total. The van der Waals surface area contributed by atoms with Crippen molar-refractivity contribution < 1.29 is 9.59 Å². The van der Waals surface area contributed by atoms with Gasteiger partial charge in [-0.1, -0.05) is 12.8 Å². The number of nitrogens with zero attached hydrogens (tertiary/aromatic N) is 3. The number of nitrogens with one attached hydrogen (secondary N) is 1. The van der Waals surface area contributed by atoms with E-state index in [0.29, 0.717) is 32.1 Å². The molecular weight excluding hydrogens is 332 g/mol. The third kappa shape index (κ3) is 3.39. The molecule has 2 amide bonds. The Balaban J connectivity index is 1.34. The maximum atomic E-state index is 12.9. The molecule has 1 atom stereocenters. The zero-order valence-corrected chi connectivity index (χ0v) is 15.0. The second-order valence-electron chi connectivity index (χ2n) is 7.82. The van der Waals surface area contributed by atoms with Crippen molar-refractivity contribution in [3.05, 3.63) is 28.4 Å². The topological polar surface area (TPSA) is 86.4 Å². The number of aromatic nitrogens is 2. The first-order valence-corrected chi connectivity index (χ1v) is 9.74. The van der Waals surface area contributed by atoms with Crippen molar-refractivity contribution in [1.29, 1.82) is 0 Å². The number of piperidine rings is 1. The lowest BCUT2D eigenvalue weighted by molar-refractivity contribution is -0.136. The maximum absolute atomic E-state index is 12.9. The Morgan fingerprint density at radius 2 is 1.85 bits per heavy atom. The molecule has 1 saturated carbocycles. The van der Waals surface area contributed by atoms with Crippen molar-refractivity contribution >= 4 is 11.8 Å². The van der Waals surface area contributed by atoms with E-state index in [4.69, 9.17) is 0 Å². The van der Waals surface area contributed by atoms with Crippen LogP contribution in [0.25, 0.3) is 0 Å². The van der Waals surface area contributed by atoms with Gasteiger partial charge in [-0.25, -0.2) is 4.98 Å². The molecule has 0 radical (unpaired) electrons. The van der Waals surface area contributed by atoms with Gasteiger partial charge in [-0.15, -0.1) is 0 Å². The van der Waals surface area contributed by atoms with Crippen LogP contribution >= 0.6 is 0 Å².